The molecule has 0 radical (unpaired) electrons. The molecule has 0 heterocycles. The molecule has 0 saturated heterocycles. The maximum Gasteiger partial charge on any atom is 0.322 e. The predicted molar refractivity (Wildman–Crippen MR) is 61.8 cm³/mol. The van der Waals surface area contributed by atoms with E-state index < -0.39 is 12.0 Å². The van der Waals surface area contributed by atoms with Crippen molar-refractivity contribution < 1.29 is 9.90 Å². The number of carbonyl (C=O) groups is 1. The third-order valence-electron chi connectivity index (χ3n) is 3.00. The second-order valence-electron chi connectivity index (χ2n) is 3.86. The lowest BCUT2D eigenvalue weighted by Crippen LogP contribution is -2.47. The van der Waals surface area contributed by atoms with Crippen LogP contribution in [0.15, 0.2) is 0 Å². The van der Waals surface area contributed by atoms with E-state index in [4.69, 9.17) is 10.8 Å². The quantitative estimate of drug-likeness (QED) is 0.639. The van der Waals surface area contributed by atoms with E-state index in [1.807, 2.05) is 11.8 Å². The van der Waals surface area contributed by atoms with Crippen LogP contribution in [0.5, 0.6) is 0 Å². The molecule has 0 aliphatic carbocycles. The first-order chi connectivity index (χ1) is 7.10. The van der Waals surface area contributed by atoms with E-state index in [0.29, 0.717) is 5.92 Å². The molecule has 0 aromatic carbocycles. The summed E-state index contributed by atoms with van der Waals surface area (Å²) in [5, 5.41) is 9.01. The van der Waals surface area contributed by atoms with E-state index in [-0.39, 0.29) is 6.54 Å². The average Bonchev–Trinajstić information content (AvgIpc) is 2.23. The normalized spacial score (nSPS) is 13.5. The summed E-state index contributed by atoms with van der Waals surface area (Å²) in [6, 6.07) is -0.532. The molecule has 90 valence electrons. The highest BCUT2D eigenvalue weighted by Crippen LogP contribution is 2.11. The highest BCUT2D eigenvalue weighted by Gasteiger charge is 2.24. The van der Waals surface area contributed by atoms with Gasteiger partial charge in [0.25, 0.3) is 0 Å². The summed E-state index contributed by atoms with van der Waals surface area (Å²) in [5.74, 6) is -0.247. The van der Waals surface area contributed by atoms with Gasteiger partial charge in [-0.25, -0.2) is 0 Å². The van der Waals surface area contributed by atoms with Crippen LogP contribution in [0.4, 0.5) is 0 Å². The van der Waals surface area contributed by atoms with E-state index in [0.717, 1.165) is 25.9 Å². The largest absolute Gasteiger partial charge is 0.480 e. The Balaban J connectivity index is 4.38. The van der Waals surface area contributed by atoms with E-state index in [9.17, 15) is 4.79 Å². The molecular weight excluding hydrogens is 192 g/mol. The van der Waals surface area contributed by atoms with Crippen LogP contribution in [0.2, 0.25) is 0 Å². The van der Waals surface area contributed by atoms with Crippen LogP contribution in [0.3, 0.4) is 0 Å². The molecule has 0 fully saturated rings. The van der Waals surface area contributed by atoms with Crippen molar-refractivity contribution in [1.82, 2.24) is 4.90 Å². The zero-order valence-corrected chi connectivity index (χ0v) is 10.1. The third kappa shape index (κ3) is 4.62. The van der Waals surface area contributed by atoms with Gasteiger partial charge in [-0.05, 0) is 12.5 Å². The van der Waals surface area contributed by atoms with Gasteiger partial charge in [0.15, 0.2) is 0 Å². The zero-order valence-electron chi connectivity index (χ0n) is 10.1. The fraction of sp³-hybridized carbons (Fsp3) is 0.909. The number of carboxylic acid groups (broad SMARTS) is 1. The number of hydrogen-bond acceptors (Lipinski definition) is 3. The van der Waals surface area contributed by atoms with Crippen LogP contribution in [-0.4, -0.2) is 41.7 Å². The monoisotopic (exact) mass is 216 g/mol. The standard InChI is InChI=1S/C11H24N2O2/c1-4-9(5-2)8-13(6-3)10(7-12)11(14)15/h9-10H,4-8,12H2,1-3H3,(H,14,15). The molecule has 0 aromatic rings. The van der Waals surface area contributed by atoms with Gasteiger partial charge in [-0.15, -0.1) is 0 Å². The number of nitrogens with two attached hydrogens (primary N) is 1. The van der Waals surface area contributed by atoms with Crippen LogP contribution in [-0.2, 0) is 4.79 Å². The first-order valence-corrected chi connectivity index (χ1v) is 5.77. The Morgan fingerprint density at radius 2 is 1.87 bits per heavy atom. The van der Waals surface area contributed by atoms with Crippen molar-refractivity contribution in [2.75, 3.05) is 19.6 Å². The lowest BCUT2D eigenvalue weighted by Gasteiger charge is -2.29. The lowest BCUT2D eigenvalue weighted by atomic mass is 10.0. The van der Waals surface area contributed by atoms with E-state index >= 15 is 0 Å². The molecule has 0 spiro atoms. The summed E-state index contributed by atoms with van der Waals surface area (Å²) in [5.41, 5.74) is 5.49. The number of likely N-dealkylation sites (N-methyl/N-ethyl adjacent to an activating group) is 1. The van der Waals surface area contributed by atoms with E-state index in [1.165, 1.54) is 0 Å². The number of nitrogens with zero attached hydrogens (tertiary/aromatic N) is 1. The maximum atomic E-state index is 11.0. The van der Waals surface area contributed by atoms with Gasteiger partial charge >= 0.3 is 5.97 Å². The molecule has 15 heavy (non-hydrogen) atoms. The summed E-state index contributed by atoms with van der Waals surface area (Å²) in [6.45, 7) is 8.01. The molecule has 1 atom stereocenters. The molecule has 0 amide bonds. The smallest absolute Gasteiger partial charge is 0.322 e. The van der Waals surface area contributed by atoms with Crippen LogP contribution in [0, 0.1) is 5.92 Å². The first kappa shape index (κ1) is 14.4. The molecule has 0 bridgehead atoms. The number of rotatable bonds is 8. The van der Waals surface area contributed by atoms with Crippen molar-refractivity contribution in [3.05, 3.63) is 0 Å². The Labute approximate surface area is 92.4 Å². The fourth-order valence-electron chi connectivity index (χ4n) is 1.76. The number of carboxylic acids is 1. The maximum absolute atomic E-state index is 11.0. The van der Waals surface area contributed by atoms with Crippen molar-refractivity contribution in [3.8, 4) is 0 Å². The minimum atomic E-state index is -0.815. The fourth-order valence-corrected chi connectivity index (χ4v) is 1.76. The van der Waals surface area contributed by atoms with Gasteiger partial charge in [0.2, 0.25) is 0 Å². The average molecular weight is 216 g/mol. The minimum Gasteiger partial charge on any atom is -0.480 e. The minimum absolute atomic E-state index is 0.184. The van der Waals surface area contributed by atoms with Crippen LogP contribution in [0.1, 0.15) is 33.6 Å². The predicted octanol–water partition coefficient (Wildman–Crippen LogP) is 1.16. The van der Waals surface area contributed by atoms with Gasteiger partial charge in [0.05, 0.1) is 0 Å². The van der Waals surface area contributed by atoms with Gasteiger partial charge < -0.3 is 10.8 Å². The molecule has 0 rings (SSSR count). The molecule has 0 aromatic heterocycles. The zero-order chi connectivity index (χ0) is 11.8. The molecule has 0 saturated carbocycles. The number of aliphatic carboxylic acids is 1. The summed E-state index contributed by atoms with van der Waals surface area (Å²) >= 11 is 0. The lowest BCUT2D eigenvalue weighted by molar-refractivity contribution is -0.143. The third-order valence-corrected chi connectivity index (χ3v) is 3.00. The summed E-state index contributed by atoms with van der Waals surface area (Å²) in [4.78, 5) is 12.9. The molecule has 0 aliphatic rings. The molecule has 1 unspecified atom stereocenters. The Morgan fingerprint density at radius 3 is 2.13 bits per heavy atom. The topological polar surface area (TPSA) is 66.6 Å². The highest BCUT2D eigenvalue weighted by molar-refractivity contribution is 5.73. The van der Waals surface area contributed by atoms with Crippen LogP contribution < -0.4 is 5.73 Å². The first-order valence-electron chi connectivity index (χ1n) is 5.77. The van der Waals surface area contributed by atoms with Gasteiger partial charge in [0.1, 0.15) is 6.04 Å². The molecule has 0 aliphatic heterocycles. The van der Waals surface area contributed by atoms with Gasteiger partial charge in [-0.3, -0.25) is 9.69 Å². The Kier molecular flexibility index (Phi) is 7.34. The molecule has 3 N–H and O–H groups in total. The SMILES string of the molecule is CCC(CC)CN(CC)C(CN)C(=O)O. The van der Waals surface area contributed by atoms with E-state index in [1.54, 1.807) is 0 Å². The molecule has 4 heteroatoms. The van der Waals surface area contributed by atoms with Crippen molar-refractivity contribution in [1.29, 1.82) is 0 Å². The van der Waals surface area contributed by atoms with Crippen LogP contribution in [0.25, 0.3) is 0 Å². The Bertz CT molecular complexity index is 181. The summed E-state index contributed by atoms with van der Waals surface area (Å²) in [6.07, 6.45) is 2.17. The molecular formula is C11H24N2O2. The Hall–Kier alpha value is -0.610. The second-order valence-corrected chi connectivity index (χ2v) is 3.86. The molecule has 4 nitrogen and oxygen atoms in total. The van der Waals surface area contributed by atoms with Gasteiger partial charge in [-0.2, -0.15) is 0 Å². The van der Waals surface area contributed by atoms with Crippen molar-refractivity contribution in [2.45, 2.75) is 39.7 Å². The van der Waals surface area contributed by atoms with Gasteiger partial charge in [-0.1, -0.05) is 33.6 Å². The second kappa shape index (κ2) is 7.65. The summed E-state index contributed by atoms with van der Waals surface area (Å²) < 4.78 is 0. The van der Waals surface area contributed by atoms with Gasteiger partial charge in [0, 0.05) is 13.1 Å². The number of hydrogen-bond donors (Lipinski definition) is 2. The van der Waals surface area contributed by atoms with E-state index in [2.05, 4.69) is 13.8 Å². The van der Waals surface area contributed by atoms with Crippen molar-refractivity contribution >= 4 is 5.97 Å². The van der Waals surface area contributed by atoms with Crippen LogP contribution >= 0.6 is 0 Å². The Morgan fingerprint density at radius 1 is 1.33 bits per heavy atom. The highest BCUT2D eigenvalue weighted by atomic mass is 16.4. The van der Waals surface area contributed by atoms with Crippen molar-refractivity contribution in [2.24, 2.45) is 11.7 Å². The van der Waals surface area contributed by atoms with Crippen molar-refractivity contribution in [3.63, 3.8) is 0 Å². The summed E-state index contributed by atoms with van der Waals surface area (Å²) in [7, 11) is 0.